The second-order valence-corrected chi connectivity index (χ2v) is 15.2. The summed E-state index contributed by atoms with van der Waals surface area (Å²) >= 11 is 0. The fourth-order valence-electron chi connectivity index (χ4n) is 9.76. The summed E-state index contributed by atoms with van der Waals surface area (Å²) in [5.74, 6) is 0. The van der Waals surface area contributed by atoms with Gasteiger partial charge in [0.15, 0.2) is 0 Å². The van der Waals surface area contributed by atoms with Crippen molar-refractivity contribution in [2.24, 2.45) is 0 Å². The number of benzene rings is 9. The van der Waals surface area contributed by atoms with Gasteiger partial charge < -0.3 is 9.13 Å². The van der Waals surface area contributed by atoms with Crippen LogP contribution in [0.4, 0.5) is 5.69 Å². The molecule has 5 nitrogen and oxygen atoms in total. The number of pyridine rings is 1. The first kappa shape index (κ1) is 33.6. The van der Waals surface area contributed by atoms with E-state index in [1.807, 2.05) is 66.9 Å². The van der Waals surface area contributed by atoms with Crippen molar-refractivity contribution in [3.8, 4) is 50.8 Å². The molecule has 0 aliphatic heterocycles. The minimum atomic E-state index is 0.413. The van der Waals surface area contributed by atoms with Crippen LogP contribution in [0.5, 0.6) is 0 Å². The molecule has 0 saturated carbocycles. The highest BCUT2D eigenvalue weighted by atomic mass is 15.0. The van der Waals surface area contributed by atoms with Crippen LogP contribution < -0.4 is 0 Å². The molecule has 3 heterocycles. The van der Waals surface area contributed by atoms with Crippen LogP contribution in [0.1, 0.15) is 5.56 Å². The number of rotatable bonds is 5. The molecule has 9 aromatic carbocycles. The maximum absolute atomic E-state index is 11.7. The van der Waals surface area contributed by atoms with Gasteiger partial charge in [-0.15, -0.1) is 0 Å². The molecule has 3 aromatic heterocycles. The highest BCUT2D eigenvalue weighted by Gasteiger charge is 2.32. The Kier molecular flexibility index (Phi) is 7.29. The molecule has 0 unspecified atom stereocenters. The molecule has 0 atom stereocenters. The molecule has 12 rings (SSSR count). The standard InChI is InChI=1S/C55H31N5/c1-57-53-48(35-18-7-3-8-19-35)43(33-56)54(59-44-26-12-11-22-38(44)39-30-29-37(32-47(39)59)34-16-5-2-6-17-34)49(36-20-9-4-10-21-36)55(53)60-45-27-13-23-40-41-25-15-31-58-52(41)42-24-14-28-46(60)51(42)50(40)45/h2-32H. The van der Waals surface area contributed by atoms with Crippen LogP contribution >= 0.6 is 0 Å². The molecule has 0 spiro atoms. The van der Waals surface area contributed by atoms with Gasteiger partial charge in [-0.25, -0.2) is 4.85 Å². The van der Waals surface area contributed by atoms with Crippen molar-refractivity contribution in [1.29, 1.82) is 5.26 Å². The SMILES string of the molecule is [C-]#[N+]c1c(-c2ccccc2)c(C#N)c(-n2c3ccccc3c3ccc(-c4ccccc4)cc32)c(-c2ccccc2)c1-n1c2cccc3c4cccnc4c4cccc1c4c32. The van der Waals surface area contributed by atoms with E-state index in [0.29, 0.717) is 16.8 Å². The van der Waals surface area contributed by atoms with Gasteiger partial charge in [-0.2, -0.15) is 5.26 Å². The molecular formula is C55H31N5. The summed E-state index contributed by atoms with van der Waals surface area (Å²) in [7, 11) is 0. The molecule has 0 aliphatic rings. The van der Waals surface area contributed by atoms with E-state index in [0.717, 1.165) is 104 Å². The third-order valence-corrected chi connectivity index (χ3v) is 12.2. The zero-order valence-corrected chi connectivity index (χ0v) is 32.1. The first-order valence-electron chi connectivity index (χ1n) is 20.0. The molecule has 12 aromatic rings. The summed E-state index contributed by atoms with van der Waals surface area (Å²) < 4.78 is 4.57. The Morgan fingerprint density at radius 2 is 1.00 bits per heavy atom. The number of aromatic nitrogens is 3. The summed E-state index contributed by atoms with van der Waals surface area (Å²) in [5.41, 5.74) is 12.4. The Morgan fingerprint density at radius 1 is 0.450 bits per heavy atom. The molecule has 0 saturated heterocycles. The minimum Gasteiger partial charge on any atom is -0.318 e. The van der Waals surface area contributed by atoms with E-state index in [4.69, 9.17) is 11.6 Å². The van der Waals surface area contributed by atoms with Crippen LogP contribution in [0, 0.1) is 17.9 Å². The molecular weight excluding hydrogens is 731 g/mol. The molecule has 0 N–H and O–H groups in total. The maximum atomic E-state index is 11.7. The van der Waals surface area contributed by atoms with Gasteiger partial charge in [-0.3, -0.25) is 4.98 Å². The highest BCUT2D eigenvalue weighted by Crippen LogP contribution is 2.53. The van der Waals surface area contributed by atoms with Crippen molar-refractivity contribution >= 4 is 71.0 Å². The van der Waals surface area contributed by atoms with Crippen LogP contribution in [-0.2, 0) is 0 Å². The average molecular weight is 762 g/mol. The Morgan fingerprint density at radius 3 is 1.70 bits per heavy atom. The quantitative estimate of drug-likeness (QED) is 0.130. The van der Waals surface area contributed by atoms with Crippen LogP contribution in [0.25, 0.3) is 115 Å². The zero-order valence-electron chi connectivity index (χ0n) is 32.1. The normalized spacial score (nSPS) is 11.6. The Labute approximate surface area is 345 Å². The summed E-state index contributed by atoms with van der Waals surface area (Å²) in [6.07, 6.45) is 1.86. The van der Waals surface area contributed by atoms with Gasteiger partial charge in [0, 0.05) is 49.6 Å². The lowest BCUT2D eigenvalue weighted by atomic mass is 9.88. The minimum absolute atomic E-state index is 0.413. The van der Waals surface area contributed by atoms with Crippen molar-refractivity contribution in [1.82, 2.24) is 14.1 Å². The summed E-state index contributed by atoms with van der Waals surface area (Å²) in [6, 6.07) is 65.5. The van der Waals surface area contributed by atoms with Crippen molar-refractivity contribution in [2.75, 3.05) is 0 Å². The van der Waals surface area contributed by atoms with Gasteiger partial charge in [0.1, 0.15) is 6.07 Å². The lowest BCUT2D eigenvalue weighted by Gasteiger charge is -2.25. The van der Waals surface area contributed by atoms with Gasteiger partial charge in [-0.1, -0.05) is 152 Å². The van der Waals surface area contributed by atoms with Crippen LogP contribution in [0.3, 0.4) is 0 Å². The van der Waals surface area contributed by atoms with Crippen molar-refractivity contribution < 1.29 is 0 Å². The summed E-state index contributed by atoms with van der Waals surface area (Å²) in [4.78, 5) is 9.39. The van der Waals surface area contributed by atoms with Gasteiger partial charge in [-0.05, 0) is 58.0 Å². The Bertz CT molecular complexity index is 3680. The van der Waals surface area contributed by atoms with E-state index in [1.54, 1.807) is 0 Å². The molecule has 276 valence electrons. The summed E-state index contributed by atoms with van der Waals surface area (Å²) in [6.45, 7) is 9.14. The molecule has 0 fully saturated rings. The predicted octanol–water partition coefficient (Wildman–Crippen LogP) is 14.4. The van der Waals surface area contributed by atoms with Crippen LogP contribution in [-0.4, -0.2) is 14.1 Å². The molecule has 5 heteroatoms. The summed E-state index contributed by atoms with van der Waals surface area (Å²) in [5, 5.41) is 19.3. The second-order valence-electron chi connectivity index (χ2n) is 15.2. The Hall–Kier alpha value is -8.51. The third kappa shape index (κ3) is 4.63. The number of nitriles is 1. The van der Waals surface area contributed by atoms with E-state index in [9.17, 15) is 5.26 Å². The monoisotopic (exact) mass is 761 g/mol. The van der Waals surface area contributed by atoms with Crippen LogP contribution in [0.15, 0.2) is 188 Å². The predicted molar refractivity (Wildman–Crippen MR) is 246 cm³/mol. The fraction of sp³-hybridized carbons (Fsp3) is 0. The molecule has 0 amide bonds. The van der Waals surface area contributed by atoms with E-state index in [1.165, 1.54) is 0 Å². The Balaban J connectivity index is 1.36. The number of nitrogens with zero attached hydrogens (tertiary/aromatic N) is 5. The first-order valence-corrected chi connectivity index (χ1v) is 20.0. The van der Waals surface area contributed by atoms with Crippen LogP contribution in [0.2, 0.25) is 0 Å². The maximum Gasteiger partial charge on any atom is 0.220 e. The number of hydrogen-bond donors (Lipinski definition) is 0. The topological polar surface area (TPSA) is 50.9 Å². The molecule has 0 bridgehead atoms. The molecule has 60 heavy (non-hydrogen) atoms. The first-order chi connectivity index (χ1) is 29.7. The van der Waals surface area contributed by atoms with Gasteiger partial charge in [0.2, 0.25) is 5.69 Å². The zero-order chi connectivity index (χ0) is 39.9. The largest absolute Gasteiger partial charge is 0.318 e. The van der Waals surface area contributed by atoms with Crippen molar-refractivity contribution in [3.63, 3.8) is 0 Å². The number of para-hydroxylation sites is 1. The number of hydrogen-bond acceptors (Lipinski definition) is 2. The fourth-order valence-corrected chi connectivity index (χ4v) is 9.76. The average Bonchev–Trinajstić information content (AvgIpc) is 3.84. The van der Waals surface area contributed by atoms with Gasteiger partial charge in [0.25, 0.3) is 0 Å². The lowest BCUT2D eigenvalue weighted by Crippen LogP contribution is -2.08. The van der Waals surface area contributed by atoms with E-state index >= 15 is 0 Å². The van der Waals surface area contributed by atoms with Gasteiger partial charge in [0.05, 0.1) is 51.1 Å². The number of fused-ring (bicyclic) bond motifs is 6. The third-order valence-electron chi connectivity index (χ3n) is 12.2. The second kappa shape index (κ2) is 13.0. The van der Waals surface area contributed by atoms with E-state index in [-0.39, 0.29) is 0 Å². The smallest absolute Gasteiger partial charge is 0.220 e. The van der Waals surface area contributed by atoms with Gasteiger partial charge >= 0.3 is 0 Å². The molecule has 0 aliphatic carbocycles. The lowest BCUT2D eigenvalue weighted by molar-refractivity contribution is 1.13. The van der Waals surface area contributed by atoms with Crippen molar-refractivity contribution in [3.05, 3.63) is 205 Å². The van der Waals surface area contributed by atoms with E-state index in [2.05, 4.69) is 141 Å². The van der Waals surface area contributed by atoms with E-state index < -0.39 is 0 Å². The highest BCUT2D eigenvalue weighted by molar-refractivity contribution is 6.34. The van der Waals surface area contributed by atoms with Crippen molar-refractivity contribution in [2.45, 2.75) is 0 Å². The molecule has 0 radical (unpaired) electrons.